The molecule has 2 atom stereocenters. The van der Waals surface area contributed by atoms with Crippen LogP contribution in [-0.4, -0.2) is 29.0 Å². The van der Waals surface area contributed by atoms with Crippen LogP contribution in [0, 0.1) is 6.92 Å². The summed E-state index contributed by atoms with van der Waals surface area (Å²) in [6.07, 6.45) is 4.26. The molecule has 0 spiro atoms. The standard InChI is InChI=1S/C31H32N2O4S/c1-21-20-33(30(35)32-29(21)34)28-17-15-25(38-28)19-31(22-10-6-4-7-11-22,23-12-8-5-9-13-23)26-18-24(36-2)14-16-27(26)37-3/h4-14,16,18,20,25,28H,15,17,19H2,1-3H3,(H,32,34,35)/t25-,28+/m0/s1. The molecule has 0 amide bonds. The van der Waals surface area contributed by atoms with Crippen LogP contribution in [0.4, 0.5) is 0 Å². The first kappa shape index (κ1) is 25.9. The highest BCUT2D eigenvalue weighted by atomic mass is 32.2. The number of rotatable bonds is 8. The molecule has 1 aromatic heterocycles. The number of benzene rings is 3. The molecular weight excluding hydrogens is 496 g/mol. The van der Waals surface area contributed by atoms with Crippen LogP contribution in [0.3, 0.4) is 0 Å². The fourth-order valence-corrected chi connectivity index (χ4v) is 7.22. The van der Waals surface area contributed by atoms with Crippen LogP contribution in [0.2, 0.25) is 0 Å². The van der Waals surface area contributed by atoms with Crippen LogP contribution in [0.25, 0.3) is 0 Å². The summed E-state index contributed by atoms with van der Waals surface area (Å²) in [5, 5.41) is 0.204. The molecule has 5 rings (SSSR count). The normalized spacial score (nSPS) is 17.3. The van der Waals surface area contributed by atoms with Crippen LogP contribution in [-0.2, 0) is 5.41 Å². The average Bonchev–Trinajstić information content (AvgIpc) is 3.42. The van der Waals surface area contributed by atoms with E-state index in [9.17, 15) is 9.59 Å². The van der Waals surface area contributed by atoms with Crippen molar-refractivity contribution in [1.29, 1.82) is 0 Å². The molecule has 1 fully saturated rings. The number of aromatic nitrogens is 2. The van der Waals surface area contributed by atoms with Crippen molar-refractivity contribution in [3.63, 3.8) is 0 Å². The lowest BCUT2D eigenvalue weighted by Gasteiger charge is -2.39. The summed E-state index contributed by atoms with van der Waals surface area (Å²) >= 11 is 1.80. The summed E-state index contributed by atoms with van der Waals surface area (Å²) in [5.41, 5.74) is 2.70. The Hall–Kier alpha value is -3.71. The Morgan fingerprint density at radius 3 is 2.18 bits per heavy atom. The second-order valence-electron chi connectivity index (χ2n) is 9.68. The van der Waals surface area contributed by atoms with Gasteiger partial charge in [-0.15, -0.1) is 11.8 Å². The molecule has 3 aromatic carbocycles. The number of methoxy groups -OCH3 is 2. The predicted molar refractivity (Wildman–Crippen MR) is 153 cm³/mol. The van der Waals surface area contributed by atoms with Crippen molar-refractivity contribution >= 4 is 11.8 Å². The molecule has 4 aromatic rings. The summed E-state index contributed by atoms with van der Waals surface area (Å²) in [6.45, 7) is 1.73. The van der Waals surface area contributed by atoms with Crippen molar-refractivity contribution in [3.05, 3.63) is 128 Å². The van der Waals surface area contributed by atoms with E-state index in [0.29, 0.717) is 5.56 Å². The van der Waals surface area contributed by atoms with Gasteiger partial charge in [-0.1, -0.05) is 60.7 Å². The highest BCUT2D eigenvalue weighted by Gasteiger charge is 2.43. The fourth-order valence-electron chi connectivity index (χ4n) is 5.60. The summed E-state index contributed by atoms with van der Waals surface area (Å²) in [7, 11) is 3.39. The summed E-state index contributed by atoms with van der Waals surface area (Å²) in [6, 6.07) is 27.1. The van der Waals surface area contributed by atoms with E-state index < -0.39 is 5.41 Å². The van der Waals surface area contributed by atoms with E-state index in [4.69, 9.17) is 9.47 Å². The van der Waals surface area contributed by atoms with Crippen molar-refractivity contribution in [2.45, 2.75) is 42.2 Å². The Morgan fingerprint density at radius 1 is 0.921 bits per heavy atom. The monoisotopic (exact) mass is 528 g/mol. The van der Waals surface area contributed by atoms with E-state index >= 15 is 0 Å². The molecule has 6 nitrogen and oxygen atoms in total. The third-order valence-corrected chi connectivity index (χ3v) is 9.04. The van der Waals surface area contributed by atoms with Gasteiger partial charge in [0.25, 0.3) is 5.56 Å². The second kappa shape index (κ2) is 11.0. The zero-order valence-corrected chi connectivity index (χ0v) is 22.7. The van der Waals surface area contributed by atoms with Gasteiger partial charge in [0, 0.05) is 28.0 Å². The molecule has 196 valence electrons. The molecule has 1 aliphatic heterocycles. The molecule has 1 aliphatic rings. The topological polar surface area (TPSA) is 73.3 Å². The third kappa shape index (κ3) is 4.78. The fraction of sp³-hybridized carbons (Fsp3) is 0.290. The molecule has 1 N–H and O–H groups in total. The first-order valence-electron chi connectivity index (χ1n) is 12.8. The average molecular weight is 529 g/mol. The van der Waals surface area contributed by atoms with E-state index in [-0.39, 0.29) is 21.9 Å². The summed E-state index contributed by atoms with van der Waals surface area (Å²) in [4.78, 5) is 27.1. The van der Waals surface area contributed by atoms with Crippen molar-refractivity contribution < 1.29 is 9.47 Å². The van der Waals surface area contributed by atoms with Gasteiger partial charge < -0.3 is 9.47 Å². The number of aryl methyl sites for hydroxylation is 1. The van der Waals surface area contributed by atoms with Gasteiger partial charge in [0.2, 0.25) is 0 Å². The third-order valence-electron chi connectivity index (χ3n) is 7.47. The molecule has 0 bridgehead atoms. The molecule has 0 unspecified atom stereocenters. The quantitative estimate of drug-likeness (QED) is 0.298. The molecule has 2 heterocycles. The van der Waals surface area contributed by atoms with Gasteiger partial charge in [-0.25, -0.2) is 4.79 Å². The molecule has 0 saturated carbocycles. The van der Waals surface area contributed by atoms with Gasteiger partial charge in [0.1, 0.15) is 11.5 Å². The first-order valence-corrected chi connectivity index (χ1v) is 13.7. The van der Waals surface area contributed by atoms with E-state index in [0.717, 1.165) is 36.3 Å². The highest BCUT2D eigenvalue weighted by Crippen LogP contribution is 2.53. The lowest BCUT2D eigenvalue weighted by molar-refractivity contribution is 0.387. The largest absolute Gasteiger partial charge is 0.497 e. The number of H-pyrrole nitrogens is 1. The van der Waals surface area contributed by atoms with Gasteiger partial charge in [0.15, 0.2) is 0 Å². The van der Waals surface area contributed by atoms with Crippen molar-refractivity contribution in [3.8, 4) is 11.5 Å². The van der Waals surface area contributed by atoms with E-state index in [1.807, 2.05) is 24.3 Å². The van der Waals surface area contributed by atoms with E-state index in [1.54, 1.807) is 43.7 Å². The van der Waals surface area contributed by atoms with Crippen LogP contribution < -0.4 is 20.7 Å². The number of ether oxygens (including phenoxy) is 2. The number of nitrogens with one attached hydrogen (secondary N) is 1. The van der Waals surface area contributed by atoms with Crippen LogP contribution in [0.5, 0.6) is 11.5 Å². The zero-order valence-electron chi connectivity index (χ0n) is 21.8. The van der Waals surface area contributed by atoms with Gasteiger partial charge in [0.05, 0.1) is 19.6 Å². The molecule has 7 heteroatoms. The molecule has 1 saturated heterocycles. The SMILES string of the molecule is COc1ccc(OC)c(C(C[C@@H]2CC[C@H](n3cc(C)c(=O)[nH]c3=O)S2)(c2ccccc2)c2ccccc2)c1. The number of aromatic amines is 1. The molecule has 0 radical (unpaired) electrons. The summed E-state index contributed by atoms with van der Waals surface area (Å²) in [5.74, 6) is 1.56. The maximum absolute atomic E-state index is 12.7. The van der Waals surface area contributed by atoms with E-state index in [1.165, 1.54) is 11.1 Å². The molecular formula is C31H32N2O4S. The van der Waals surface area contributed by atoms with Crippen molar-refractivity contribution in [1.82, 2.24) is 9.55 Å². The van der Waals surface area contributed by atoms with Gasteiger partial charge >= 0.3 is 5.69 Å². The Kier molecular flexibility index (Phi) is 7.47. The Morgan fingerprint density at radius 2 is 1.58 bits per heavy atom. The van der Waals surface area contributed by atoms with Crippen LogP contribution >= 0.6 is 11.8 Å². The van der Waals surface area contributed by atoms with Crippen LogP contribution in [0.1, 0.15) is 46.9 Å². The maximum Gasteiger partial charge on any atom is 0.329 e. The van der Waals surface area contributed by atoms with Crippen molar-refractivity contribution in [2.75, 3.05) is 14.2 Å². The van der Waals surface area contributed by atoms with Gasteiger partial charge in [-0.3, -0.25) is 14.3 Å². The van der Waals surface area contributed by atoms with Crippen LogP contribution in [0.15, 0.2) is 94.6 Å². The minimum atomic E-state index is -0.527. The summed E-state index contributed by atoms with van der Waals surface area (Å²) < 4.78 is 13.3. The maximum atomic E-state index is 12.7. The lowest BCUT2D eigenvalue weighted by atomic mass is 9.66. The molecule has 38 heavy (non-hydrogen) atoms. The molecule has 0 aliphatic carbocycles. The zero-order chi connectivity index (χ0) is 26.7. The van der Waals surface area contributed by atoms with Gasteiger partial charge in [-0.05, 0) is 55.5 Å². The Labute approximate surface area is 226 Å². The minimum absolute atomic E-state index is 0.0421. The van der Waals surface area contributed by atoms with E-state index in [2.05, 4.69) is 59.6 Å². The minimum Gasteiger partial charge on any atom is -0.497 e. The second-order valence-corrected chi connectivity index (χ2v) is 11.2. The predicted octanol–water partition coefficient (Wildman–Crippen LogP) is 5.68. The smallest absolute Gasteiger partial charge is 0.329 e. The number of thioether (sulfide) groups is 1. The number of hydrogen-bond acceptors (Lipinski definition) is 5. The number of hydrogen-bond donors (Lipinski definition) is 1. The lowest BCUT2D eigenvalue weighted by Crippen LogP contribution is -2.33. The van der Waals surface area contributed by atoms with Gasteiger partial charge in [-0.2, -0.15) is 0 Å². The first-order chi connectivity index (χ1) is 18.5. The Bertz CT molecular complexity index is 1480. The van der Waals surface area contributed by atoms with Crippen molar-refractivity contribution in [2.24, 2.45) is 0 Å². The number of nitrogens with zero attached hydrogens (tertiary/aromatic N) is 1. The highest BCUT2D eigenvalue weighted by molar-refractivity contribution is 8.00. The Balaban J connectivity index is 1.65.